The largest absolute Gasteiger partial charge is 0.461 e. The first-order valence-corrected chi connectivity index (χ1v) is 24.2. The van der Waals surface area contributed by atoms with Crippen LogP contribution in [0.2, 0.25) is 0 Å². The minimum Gasteiger partial charge on any atom is -0.461 e. The van der Waals surface area contributed by atoms with Crippen LogP contribution in [0.25, 0.3) is 116 Å². The van der Waals surface area contributed by atoms with E-state index in [2.05, 4.69) is 169 Å². The first kappa shape index (κ1) is 41.5. The molecule has 0 amide bonds. The van der Waals surface area contributed by atoms with Crippen molar-refractivity contribution in [1.29, 1.82) is 0 Å². The zero-order valence-corrected chi connectivity index (χ0v) is 39.6. The number of para-hydroxylation sites is 4. The van der Waals surface area contributed by atoms with Gasteiger partial charge >= 0.3 is 0 Å². The van der Waals surface area contributed by atoms with Crippen molar-refractivity contribution in [2.24, 2.45) is 0 Å². The van der Waals surface area contributed by atoms with E-state index in [1.807, 2.05) is 67.6 Å². The third-order valence-electron chi connectivity index (χ3n) is 14.5. The first-order chi connectivity index (χ1) is 35.4. The van der Waals surface area contributed by atoms with E-state index in [1.54, 1.807) is 6.08 Å². The van der Waals surface area contributed by atoms with Crippen molar-refractivity contribution in [2.75, 3.05) is 9.80 Å². The minimum atomic E-state index is 0.761. The highest BCUT2D eigenvalue weighted by atomic mass is 16.3. The second kappa shape index (κ2) is 16.0. The van der Waals surface area contributed by atoms with Gasteiger partial charge in [0.05, 0.1) is 22.8 Å². The molecule has 0 bridgehead atoms. The van der Waals surface area contributed by atoms with Gasteiger partial charge in [0.15, 0.2) is 11.0 Å². The van der Waals surface area contributed by atoms with Crippen LogP contribution in [0.3, 0.4) is 0 Å². The average Bonchev–Trinajstić information content (AvgIpc) is 4.18. The minimum absolute atomic E-state index is 0.761. The van der Waals surface area contributed by atoms with Gasteiger partial charge in [-0.05, 0) is 102 Å². The Morgan fingerprint density at radius 1 is 0.458 bits per heavy atom. The van der Waals surface area contributed by atoms with Gasteiger partial charge in [0.2, 0.25) is 0 Å². The van der Waals surface area contributed by atoms with Gasteiger partial charge in [-0.25, -0.2) is 0 Å². The second-order valence-corrected chi connectivity index (χ2v) is 18.5. The molecule has 4 heterocycles. The molecule has 4 aromatic heterocycles. The number of allylic oxidation sites excluding steroid dienone is 3. The number of rotatable bonds is 9. The summed E-state index contributed by atoms with van der Waals surface area (Å²) in [5.41, 5.74) is 12.5. The van der Waals surface area contributed by atoms with E-state index >= 15 is 0 Å². The van der Waals surface area contributed by atoms with E-state index < -0.39 is 0 Å². The third kappa shape index (κ3) is 6.15. The normalized spacial score (nSPS) is 12.9. The molecule has 0 radical (unpaired) electrons. The van der Waals surface area contributed by atoms with Crippen molar-refractivity contribution in [3.8, 4) is 0 Å². The van der Waals surface area contributed by atoms with E-state index in [0.717, 1.165) is 154 Å². The number of anilines is 5. The summed E-state index contributed by atoms with van der Waals surface area (Å²) in [6, 6.07) is 62.1. The summed E-state index contributed by atoms with van der Waals surface area (Å²) >= 11 is 0. The Bertz CT molecular complexity index is 4730. The number of aryl methyl sites for hydroxylation is 1. The Kier molecular flexibility index (Phi) is 9.22. The van der Waals surface area contributed by atoms with E-state index in [4.69, 9.17) is 17.7 Å². The molecule has 14 aromatic rings. The van der Waals surface area contributed by atoms with Crippen LogP contribution < -0.4 is 20.4 Å². The van der Waals surface area contributed by atoms with Gasteiger partial charge in [-0.15, -0.1) is 0 Å². The number of nitrogens with zero attached hydrogens (tertiary/aromatic N) is 2. The second-order valence-electron chi connectivity index (χ2n) is 18.5. The SMILES string of the molecule is C=C/C=C\c1c(C)oc2ccc(N(c3ccc4ccc5c(N(/C(C)=c6\oc7ccccc7\c6=C\C=C)c6ccc7c(c6)oc6ccccc67)ccc6ccc3c4c65)c3cccc4c3oc3ccccc34)cc12. The topological polar surface area (TPSA) is 59.0 Å². The maximum atomic E-state index is 6.82. The lowest BCUT2D eigenvalue weighted by atomic mass is 9.91. The lowest BCUT2D eigenvalue weighted by Gasteiger charge is -2.29. The van der Waals surface area contributed by atoms with Crippen LogP contribution in [0, 0.1) is 6.92 Å². The van der Waals surface area contributed by atoms with E-state index in [0.29, 0.717) is 0 Å². The van der Waals surface area contributed by atoms with E-state index in [9.17, 15) is 0 Å². The van der Waals surface area contributed by atoms with Gasteiger partial charge in [-0.2, -0.15) is 0 Å². The maximum Gasteiger partial charge on any atom is 0.159 e. The molecule has 0 atom stereocenters. The first-order valence-electron chi connectivity index (χ1n) is 24.2. The van der Waals surface area contributed by atoms with Crippen LogP contribution in [0.1, 0.15) is 18.2 Å². The Balaban J connectivity index is 1.05. The van der Waals surface area contributed by atoms with Crippen molar-refractivity contribution >= 4 is 144 Å². The van der Waals surface area contributed by atoms with Crippen LogP contribution in [-0.2, 0) is 0 Å². The summed E-state index contributed by atoms with van der Waals surface area (Å²) in [5, 5.41) is 14.1. The maximum absolute atomic E-state index is 6.82. The summed E-state index contributed by atoms with van der Waals surface area (Å²) < 4.78 is 26.5. The fraction of sp³-hybridized carbons (Fsp3) is 0.0303. The molecule has 0 saturated carbocycles. The molecule has 0 saturated heterocycles. The smallest absolute Gasteiger partial charge is 0.159 e. The van der Waals surface area contributed by atoms with E-state index in [-0.39, 0.29) is 0 Å². The highest BCUT2D eigenvalue weighted by Gasteiger charge is 2.26. The highest BCUT2D eigenvalue weighted by Crippen LogP contribution is 2.49. The summed E-state index contributed by atoms with van der Waals surface area (Å²) in [6.45, 7) is 12.2. The number of hydrogen-bond donors (Lipinski definition) is 0. The van der Waals surface area contributed by atoms with Crippen molar-refractivity contribution in [1.82, 2.24) is 0 Å². The summed E-state index contributed by atoms with van der Waals surface area (Å²) in [7, 11) is 0. The molecule has 72 heavy (non-hydrogen) atoms. The summed E-state index contributed by atoms with van der Waals surface area (Å²) in [4.78, 5) is 4.68. The summed E-state index contributed by atoms with van der Waals surface area (Å²) in [6.07, 6.45) is 9.69. The fourth-order valence-corrected chi connectivity index (χ4v) is 11.3. The van der Waals surface area contributed by atoms with Crippen molar-refractivity contribution in [2.45, 2.75) is 13.8 Å². The molecule has 342 valence electrons. The molecule has 0 aliphatic heterocycles. The van der Waals surface area contributed by atoms with Gasteiger partial charge in [0, 0.05) is 71.3 Å². The van der Waals surface area contributed by atoms with Crippen LogP contribution in [0.4, 0.5) is 28.4 Å². The standard InChI is InChI=1S/C66H44N2O4/c1-5-7-16-45-40(4)69-61-36-30-43(37-54(45)61)68(57-21-14-20-51-48-19-10-13-24-60(48)72-66(51)57)56-35-28-42-25-31-52-55(34-27-41-26-32-53(56)64(42)63(41)52)67(39(3)65-50(15-6-2)47-18-9-12-23-59(47)71-65)44-29-33-49-46-17-8-11-22-58(46)70-62(49)38-44/h5-38H,1-2H2,3-4H3/b16-7-,50-15-,65-39-. The molecule has 0 aliphatic carbocycles. The molecule has 6 heteroatoms. The molecule has 0 spiro atoms. The lowest BCUT2D eigenvalue weighted by molar-refractivity contribution is 0.570. The van der Waals surface area contributed by atoms with Gasteiger partial charge in [-0.1, -0.05) is 147 Å². The Hall–Kier alpha value is -9.52. The molecule has 14 rings (SSSR count). The third-order valence-corrected chi connectivity index (χ3v) is 14.5. The van der Waals surface area contributed by atoms with Crippen molar-refractivity contribution in [3.05, 3.63) is 229 Å². The number of benzene rings is 10. The quantitative estimate of drug-likeness (QED) is 0.106. The molecule has 6 nitrogen and oxygen atoms in total. The Morgan fingerprint density at radius 2 is 1.06 bits per heavy atom. The molecule has 0 unspecified atom stereocenters. The number of furan rings is 4. The van der Waals surface area contributed by atoms with Gasteiger partial charge < -0.3 is 27.5 Å². The fourth-order valence-electron chi connectivity index (χ4n) is 11.3. The predicted octanol–water partition coefficient (Wildman–Crippen LogP) is 17.8. The van der Waals surface area contributed by atoms with Crippen molar-refractivity contribution < 1.29 is 17.7 Å². The predicted molar refractivity (Wildman–Crippen MR) is 301 cm³/mol. The van der Waals surface area contributed by atoms with Crippen molar-refractivity contribution in [3.63, 3.8) is 0 Å². The average molecular weight is 929 g/mol. The van der Waals surface area contributed by atoms with Crippen LogP contribution in [0.5, 0.6) is 0 Å². The Labute approximate surface area is 413 Å². The van der Waals surface area contributed by atoms with Crippen LogP contribution in [-0.4, -0.2) is 0 Å². The molecular formula is C66H44N2O4. The monoisotopic (exact) mass is 928 g/mol. The van der Waals surface area contributed by atoms with Crippen LogP contribution >= 0.6 is 0 Å². The molecule has 0 fully saturated rings. The van der Waals surface area contributed by atoms with Gasteiger partial charge in [0.25, 0.3) is 0 Å². The summed E-state index contributed by atoms with van der Waals surface area (Å²) in [5.74, 6) is 0.846. The van der Waals surface area contributed by atoms with Gasteiger partial charge in [-0.3, -0.25) is 0 Å². The van der Waals surface area contributed by atoms with Crippen LogP contribution in [0.15, 0.2) is 225 Å². The number of hydrogen-bond acceptors (Lipinski definition) is 6. The molecule has 0 N–H and O–H groups in total. The zero-order valence-electron chi connectivity index (χ0n) is 39.6. The van der Waals surface area contributed by atoms with E-state index in [1.165, 1.54) is 0 Å². The highest BCUT2D eigenvalue weighted by molar-refractivity contribution is 6.28. The molecule has 10 aromatic carbocycles. The zero-order chi connectivity index (χ0) is 48.2. The van der Waals surface area contributed by atoms with Gasteiger partial charge in [0.1, 0.15) is 33.7 Å². The number of fused-ring (bicyclic) bond motifs is 8. The molecule has 0 aliphatic rings. The lowest BCUT2D eigenvalue weighted by Crippen LogP contribution is -2.29. The molecular weight excluding hydrogens is 885 g/mol. The Morgan fingerprint density at radius 3 is 1.81 bits per heavy atom.